The number of carboxylic acids is 1. The normalized spacial score (nSPS) is 13.8. The van der Waals surface area contributed by atoms with Crippen LogP contribution in [0.3, 0.4) is 0 Å². The van der Waals surface area contributed by atoms with Gasteiger partial charge >= 0.3 is 5.97 Å². The number of carboxylic acid groups (broad SMARTS) is 1. The predicted octanol–water partition coefficient (Wildman–Crippen LogP) is 1.71. The molecular formula is C14H20FNO4. The van der Waals surface area contributed by atoms with Gasteiger partial charge in [-0.25, -0.2) is 4.39 Å². The molecule has 0 spiro atoms. The Kier molecular flexibility index (Phi) is 6.41. The van der Waals surface area contributed by atoms with E-state index in [2.05, 4.69) is 5.32 Å². The maximum atomic E-state index is 13.6. The summed E-state index contributed by atoms with van der Waals surface area (Å²) < 4.78 is 18.4. The van der Waals surface area contributed by atoms with Crippen LogP contribution in [0.2, 0.25) is 0 Å². The van der Waals surface area contributed by atoms with Crippen LogP contribution in [0, 0.1) is 5.82 Å². The lowest BCUT2D eigenvalue weighted by Gasteiger charge is -2.23. The molecule has 0 heterocycles. The van der Waals surface area contributed by atoms with Gasteiger partial charge in [-0.15, -0.1) is 0 Å². The van der Waals surface area contributed by atoms with E-state index in [0.717, 1.165) is 0 Å². The molecule has 0 saturated carbocycles. The molecule has 112 valence electrons. The van der Waals surface area contributed by atoms with Crippen LogP contribution < -0.4 is 10.1 Å². The van der Waals surface area contributed by atoms with Gasteiger partial charge in [0.1, 0.15) is 0 Å². The van der Waals surface area contributed by atoms with E-state index in [1.54, 1.807) is 6.07 Å². The molecule has 0 aliphatic rings. The molecule has 0 aliphatic heterocycles. The lowest BCUT2D eigenvalue weighted by molar-refractivity contribution is -0.137. The molecule has 6 heteroatoms. The van der Waals surface area contributed by atoms with Gasteiger partial charge in [0.2, 0.25) is 0 Å². The second-order valence-corrected chi connectivity index (χ2v) is 4.44. The highest BCUT2D eigenvalue weighted by atomic mass is 19.1. The average molecular weight is 285 g/mol. The number of aliphatic carboxylic acids is 1. The van der Waals surface area contributed by atoms with Crippen LogP contribution in [0.15, 0.2) is 18.2 Å². The Hall–Kier alpha value is -1.66. The van der Waals surface area contributed by atoms with Crippen LogP contribution in [0.1, 0.15) is 31.4 Å². The molecule has 1 rings (SSSR count). The first-order valence-electron chi connectivity index (χ1n) is 6.46. The van der Waals surface area contributed by atoms with Gasteiger partial charge < -0.3 is 20.3 Å². The molecule has 3 N–H and O–H groups in total. The zero-order valence-corrected chi connectivity index (χ0v) is 11.6. The molecule has 0 amide bonds. The number of rotatable bonds is 8. The van der Waals surface area contributed by atoms with Gasteiger partial charge in [0.15, 0.2) is 11.6 Å². The van der Waals surface area contributed by atoms with Crippen LogP contribution in [0.25, 0.3) is 0 Å². The maximum Gasteiger partial charge on any atom is 0.303 e. The van der Waals surface area contributed by atoms with Crippen molar-refractivity contribution in [3.8, 4) is 5.75 Å². The fraction of sp³-hybridized carbons (Fsp3) is 0.500. The van der Waals surface area contributed by atoms with Gasteiger partial charge in [0.05, 0.1) is 13.2 Å². The number of methoxy groups -OCH3 is 1. The zero-order chi connectivity index (χ0) is 15.1. The molecule has 1 aromatic rings. The average Bonchev–Trinajstić information content (AvgIpc) is 2.42. The number of ether oxygens (including phenoxy) is 1. The van der Waals surface area contributed by atoms with Gasteiger partial charge in [-0.2, -0.15) is 0 Å². The number of benzene rings is 1. The number of aliphatic hydroxyl groups is 1. The van der Waals surface area contributed by atoms with Crippen molar-refractivity contribution >= 4 is 5.97 Å². The van der Waals surface area contributed by atoms with Crippen LogP contribution in [0.5, 0.6) is 5.75 Å². The van der Waals surface area contributed by atoms with Crippen LogP contribution >= 0.6 is 0 Å². The molecular weight excluding hydrogens is 265 g/mol. The number of nitrogens with one attached hydrogen (secondary N) is 1. The van der Waals surface area contributed by atoms with Gasteiger partial charge in [-0.1, -0.05) is 13.0 Å². The standard InChI is InChI=1S/C14H20FNO4/c1-3-16-11(5-7-13(17)18)14(19)9-4-6-12(20-2)10(15)8-9/h4,6,8,11,14,16,19H,3,5,7H2,1-2H3,(H,17,18). The van der Waals surface area contributed by atoms with E-state index in [1.165, 1.54) is 19.2 Å². The quantitative estimate of drug-likeness (QED) is 0.677. The lowest BCUT2D eigenvalue weighted by Crippen LogP contribution is -2.35. The van der Waals surface area contributed by atoms with E-state index in [0.29, 0.717) is 12.1 Å². The van der Waals surface area contributed by atoms with Crippen molar-refractivity contribution in [1.82, 2.24) is 5.32 Å². The summed E-state index contributed by atoms with van der Waals surface area (Å²) in [5, 5.41) is 22.0. The number of hydrogen-bond acceptors (Lipinski definition) is 4. The minimum absolute atomic E-state index is 0.0621. The number of likely N-dealkylation sites (N-methyl/N-ethyl adjacent to an activating group) is 1. The Morgan fingerprint density at radius 2 is 2.20 bits per heavy atom. The summed E-state index contributed by atoms with van der Waals surface area (Å²) in [7, 11) is 1.36. The predicted molar refractivity (Wildman–Crippen MR) is 72.2 cm³/mol. The van der Waals surface area contributed by atoms with E-state index in [1.807, 2.05) is 6.92 Å². The number of hydrogen-bond donors (Lipinski definition) is 3. The third-order valence-electron chi connectivity index (χ3n) is 3.03. The highest BCUT2D eigenvalue weighted by molar-refractivity contribution is 5.66. The van der Waals surface area contributed by atoms with Crippen molar-refractivity contribution in [2.24, 2.45) is 0 Å². The Balaban J connectivity index is 2.84. The molecule has 0 aliphatic carbocycles. The molecule has 0 aromatic heterocycles. The van der Waals surface area contributed by atoms with Crippen molar-refractivity contribution in [3.63, 3.8) is 0 Å². The first kappa shape index (κ1) is 16.4. The van der Waals surface area contributed by atoms with E-state index < -0.39 is 23.9 Å². The second-order valence-electron chi connectivity index (χ2n) is 4.44. The summed E-state index contributed by atoms with van der Waals surface area (Å²) in [6.45, 7) is 2.44. The fourth-order valence-electron chi connectivity index (χ4n) is 2.01. The number of carbonyl (C=O) groups is 1. The molecule has 0 bridgehead atoms. The van der Waals surface area contributed by atoms with Crippen molar-refractivity contribution < 1.29 is 24.1 Å². The molecule has 0 saturated heterocycles. The Morgan fingerprint density at radius 3 is 2.70 bits per heavy atom. The molecule has 5 nitrogen and oxygen atoms in total. The maximum absolute atomic E-state index is 13.6. The molecule has 2 atom stereocenters. The monoisotopic (exact) mass is 285 g/mol. The van der Waals surface area contributed by atoms with Crippen molar-refractivity contribution in [3.05, 3.63) is 29.6 Å². The highest BCUT2D eigenvalue weighted by Gasteiger charge is 2.22. The summed E-state index contributed by atoms with van der Waals surface area (Å²) in [5.41, 5.74) is 0.389. The van der Waals surface area contributed by atoms with Crippen LogP contribution in [-0.4, -0.2) is 35.9 Å². The molecule has 20 heavy (non-hydrogen) atoms. The Bertz CT molecular complexity index is 453. The summed E-state index contributed by atoms with van der Waals surface area (Å²) in [4.78, 5) is 10.6. The summed E-state index contributed by atoms with van der Waals surface area (Å²) in [5.74, 6) is -1.38. The third kappa shape index (κ3) is 4.47. The number of aliphatic hydroxyl groups excluding tert-OH is 1. The van der Waals surface area contributed by atoms with Crippen LogP contribution in [0.4, 0.5) is 4.39 Å². The number of halogens is 1. The lowest BCUT2D eigenvalue weighted by atomic mass is 9.98. The van der Waals surface area contributed by atoms with E-state index >= 15 is 0 Å². The highest BCUT2D eigenvalue weighted by Crippen LogP contribution is 2.25. The van der Waals surface area contributed by atoms with Gasteiger partial charge in [0.25, 0.3) is 0 Å². The summed E-state index contributed by atoms with van der Waals surface area (Å²) in [6, 6.07) is 3.77. The first-order valence-corrected chi connectivity index (χ1v) is 6.46. The van der Waals surface area contributed by atoms with E-state index in [4.69, 9.17) is 9.84 Å². The van der Waals surface area contributed by atoms with Gasteiger partial charge in [-0.05, 0) is 30.7 Å². The summed E-state index contributed by atoms with van der Waals surface area (Å²) in [6.07, 6.45) is -0.777. The fourth-order valence-corrected chi connectivity index (χ4v) is 2.01. The molecule has 1 aromatic carbocycles. The van der Waals surface area contributed by atoms with Crippen molar-refractivity contribution in [1.29, 1.82) is 0 Å². The minimum Gasteiger partial charge on any atom is -0.494 e. The van der Waals surface area contributed by atoms with E-state index in [9.17, 15) is 14.3 Å². The topological polar surface area (TPSA) is 78.8 Å². The molecule has 2 unspecified atom stereocenters. The van der Waals surface area contributed by atoms with Crippen molar-refractivity contribution in [2.45, 2.75) is 31.9 Å². The first-order chi connectivity index (χ1) is 9.49. The molecule has 0 radical (unpaired) electrons. The minimum atomic E-state index is -0.977. The van der Waals surface area contributed by atoms with Gasteiger partial charge in [0, 0.05) is 12.5 Å². The Morgan fingerprint density at radius 1 is 1.50 bits per heavy atom. The third-order valence-corrected chi connectivity index (χ3v) is 3.03. The van der Waals surface area contributed by atoms with Gasteiger partial charge in [-0.3, -0.25) is 4.79 Å². The Labute approximate surface area is 117 Å². The SMILES string of the molecule is CCNC(CCC(=O)O)C(O)c1ccc(OC)c(F)c1. The summed E-state index contributed by atoms with van der Waals surface area (Å²) >= 11 is 0. The second kappa shape index (κ2) is 7.81. The van der Waals surface area contributed by atoms with E-state index in [-0.39, 0.29) is 18.6 Å². The largest absolute Gasteiger partial charge is 0.494 e. The van der Waals surface area contributed by atoms with Crippen LogP contribution in [-0.2, 0) is 4.79 Å². The smallest absolute Gasteiger partial charge is 0.303 e. The van der Waals surface area contributed by atoms with Crippen molar-refractivity contribution in [2.75, 3.05) is 13.7 Å². The zero-order valence-electron chi connectivity index (χ0n) is 11.6. The molecule has 0 fully saturated rings.